The van der Waals surface area contributed by atoms with Gasteiger partial charge in [0.25, 0.3) is 5.91 Å². The molecule has 122 valence electrons. The highest BCUT2D eigenvalue weighted by molar-refractivity contribution is 5.94. The van der Waals surface area contributed by atoms with Crippen LogP contribution in [0, 0.1) is 11.8 Å². The number of aliphatic carboxylic acids is 1. The van der Waals surface area contributed by atoms with Gasteiger partial charge < -0.3 is 10.4 Å². The lowest BCUT2D eigenvalue weighted by molar-refractivity contribution is -0.142. The third kappa shape index (κ3) is 4.64. The van der Waals surface area contributed by atoms with Crippen LogP contribution in [0.5, 0.6) is 0 Å². The third-order valence-electron chi connectivity index (χ3n) is 3.46. The molecule has 1 heterocycles. The zero-order valence-corrected chi connectivity index (χ0v) is 13.1. The van der Waals surface area contributed by atoms with Gasteiger partial charge in [-0.25, -0.2) is 0 Å². The quantitative estimate of drug-likeness (QED) is 0.811. The molecule has 2 rings (SSSR count). The molecule has 0 aliphatic carbocycles. The van der Waals surface area contributed by atoms with Crippen LogP contribution in [0.15, 0.2) is 36.9 Å². The molecule has 0 radical (unpaired) electrons. The van der Waals surface area contributed by atoms with Gasteiger partial charge in [0.15, 0.2) is 0 Å². The van der Waals surface area contributed by atoms with Gasteiger partial charge >= 0.3 is 5.97 Å². The van der Waals surface area contributed by atoms with Crippen LogP contribution in [0.1, 0.15) is 30.6 Å². The lowest BCUT2D eigenvalue weighted by Gasteiger charge is -2.15. The van der Waals surface area contributed by atoms with Crippen molar-refractivity contribution in [3.05, 3.63) is 42.5 Å². The number of nitrogens with one attached hydrogen (secondary N) is 1. The number of carboxylic acids is 1. The highest BCUT2D eigenvalue weighted by Gasteiger charge is 2.20. The predicted molar refractivity (Wildman–Crippen MR) is 84.3 cm³/mol. The molecule has 1 unspecified atom stereocenters. The Bertz CT molecular complexity index is 650. The summed E-state index contributed by atoms with van der Waals surface area (Å²) in [5.41, 5.74) is 1.32. The van der Waals surface area contributed by atoms with Crippen LogP contribution in [0.25, 0.3) is 5.69 Å². The normalized spacial score (nSPS) is 12.1. The average Bonchev–Trinajstić information content (AvgIpc) is 3.05. The summed E-state index contributed by atoms with van der Waals surface area (Å²) in [6.07, 6.45) is 3.67. The minimum absolute atomic E-state index is 0.125. The van der Waals surface area contributed by atoms with Crippen molar-refractivity contribution >= 4 is 11.9 Å². The number of hydrogen-bond acceptors (Lipinski definition) is 4. The summed E-state index contributed by atoms with van der Waals surface area (Å²) in [6.45, 7) is 4.04. The molecule has 0 saturated heterocycles. The predicted octanol–water partition coefficient (Wildman–Crippen LogP) is 1.74. The van der Waals surface area contributed by atoms with Gasteiger partial charge in [0, 0.05) is 17.8 Å². The lowest BCUT2D eigenvalue weighted by Crippen LogP contribution is -2.33. The molecule has 23 heavy (non-hydrogen) atoms. The lowest BCUT2D eigenvalue weighted by atomic mass is 9.97. The molecule has 0 fully saturated rings. The molecule has 1 aromatic heterocycles. The molecule has 0 bridgehead atoms. The summed E-state index contributed by atoms with van der Waals surface area (Å²) in [7, 11) is 0. The second-order valence-corrected chi connectivity index (χ2v) is 5.79. The molecule has 0 saturated carbocycles. The molecule has 2 aromatic rings. The fourth-order valence-corrected chi connectivity index (χ4v) is 2.28. The van der Waals surface area contributed by atoms with Crippen LogP contribution in [-0.2, 0) is 4.79 Å². The number of nitrogens with zero attached hydrogens (tertiary/aromatic N) is 3. The van der Waals surface area contributed by atoms with E-state index in [9.17, 15) is 14.7 Å². The summed E-state index contributed by atoms with van der Waals surface area (Å²) in [4.78, 5) is 23.3. The van der Waals surface area contributed by atoms with E-state index in [1.807, 2.05) is 13.8 Å². The Kier molecular flexibility index (Phi) is 5.46. The molecule has 0 spiro atoms. The number of amides is 1. The topological polar surface area (TPSA) is 97.1 Å². The number of carbonyl (C=O) groups excluding carboxylic acids is 1. The fourth-order valence-electron chi connectivity index (χ4n) is 2.28. The fraction of sp³-hybridized carbons (Fsp3) is 0.375. The van der Waals surface area contributed by atoms with Crippen molar-refractivity contribution in [3.8, 4) is 5.69 Å². The van der Waals surface area contributed by atoms with Crippen molar-refractivity contribution in [2.75, 3.05) is 6.54 Å². The van der Waals surface area contributed by atoms with Crippen molar-refractivity contribution in [2.24, 2.45) is 11.8 Å². The maximum atomic E-state index is 12.1. The Morgan fingerprint density at radius 3 is 2.30 bits per heavy atom. The van der Waals surface area contributed by atoms with E-state index in [4.69, 9.17) is 0 Å². The standard InChI is InChI=1S/C16H20N4O3/c1-11(2)7-13(16(22)23)8-17-15(21)12-3-5-14(6-4-12)20-9-18-19-10-20/h3-6,9-11,13H,7-8H2,1-2H3,(H,17,21)(H,22,23). The molecule has 7 nitrogen and oxygen atoms in total. The van der Waals surface area contributed by atoms with Gasteiger partial charge in [-0.3, -0.25) is 14.2 Å². The Morgan fingerprint density at radius 2 is 1.78 bits per heavy atom. The van der Waals surface area contributed by atoms with E-state index in [0.29, 0.717) is 12.0 Å². The highest BCUT2D eigenvalue weighted by atomic mass is 16.4. The first-order valence-corrected chi connectivity index (χ1v) is 7.43. The number of aromatic nitrogens is 3. The molecule has 1 aromatic carbocycles. The first kappa shape index (κ1) is 16.7. The van der Waals surface area contributed by atoms with E-state index in [0.717, 1.165) is 5.69 Å². The van der Waals surface area contributed by atoms with E-state index in [-0.39, 0.29) is 18.4 Å². The second kappa shape index (κ2) is 7.53. The first-order chi connectivity index (χ1) is 11.0. The van der Waals surface area contributed by atoms with Crippen molar-refractivity contribution in [1.29, 1.82) is 0 Å². The second-order valence-electron chi connectivity index (χ2n) is 5.79. The molecule has 1 atom stereocenters. The largest absolute Gasteiger partial charge is 0.481 e. The third-order valence-corrected chi connectivity index (χ3v) is 3.46. The Hall–Kier alpha value is -2.70. The van der Waals surface area contributed by atoms with Gasteiger partial charge in [0.05, 0.1) is 5.92 Å². The van der Waals surface area contributed by atoms with Gasteiger partial charge in [-0.2, -0.15) is 0 Å². The number of benzene rings is 1. The minimum atomic E-state index is -0.887. The number of carbonyl (C=O) groups is 2. The molecule has 0 aliphatic heterocycles. The van der Waals surface area contributed by atoms with E-state index >= 15 is 0 Å². The van der Waals surface area contributed by atoms with Crippen LogP contribution in [0.2, 0.25) is 0 Å². The highest BCUT2D eigenvalue weighted by Crippen LogP contribution is 2.12. The Balaban J connectivity index is 1.96. The number of rotatable bonds is 7. The summed E-state index contributed by atoms with van der Waals surface area (Å²) < 4.78 is 1.73. The molecular weight excluding hydrogens is 296 g/mol. The minimum Gasteiger partial charge on any atom is -0.481 e. The van der Waals surface area contributed by atoms with Crippen LogP contribution in [0.4, 0.5) is 0 Å². The van der Waals surface area contributed by atoms with E-state index in [1.54, 1.807) is 41.5 Å². The summed E-state index contributed by atoms with van der Waals surface area (Å²) in [6, 6.07) is 6.92. The van der Waals surface area contributed by atoms with Crippen molar-refractivity contribution in [3.63, 3.8) is 0 Å². The SMILES string of the molecule is CC(C)CC(CNC(=O)c1ccc(-n2cnnc2)cc1)C(=O)O. The van der Waals surface area contributed by atoms with E-state index in [1.165, 1.54) is 0 Å². The first-order valence-electron chi connectivity index (χ1n) is 7.43. The smallest absolute Gasteiger partial charge is 0.308 e. The Labute approximate surface area is 134 Å². The monoisotopic (exact) mass is 316 g/mol. The van der Waals surface area contributed by atoms with Crippen LogP contribution >= 0.6 is 0 Å². The number of carboxylic acid groups (broad SMARTS) is 1. The van der Waals surface area contributed by atoms with Crippen molar-refractivity contribution in [1.82, 2.24) is 20.1 Å². The summed E-state index contributed by atoms with van der Waals surface area (Å²) in [5, 5.41) is 19.3. The molecular formula is C16H20N4O3. The van der Waals surface area contributed by atoms with Crippen LogP contribution in [-0.4, -0.2) is 38.3 Å². The van der Waals surface area contributed by atoms with Crippen LogP contribution in [0.3, 0.4) is 0 Å². The van der Waals surface area contributed by atoms with Gasteiger partial charge in [-0.05, 0) is 36.6 Å². The summed E-state index contributed by atoms with van der Waals surface area (Å²) >= 11 is 0. The van der Waals surface area contributed by atoms with Crippen molar-refractivity contribution < 1.29 is 14.7 Å². The number of hydrogen-bond donors (Lipinski definition) is 2. The zero-order valence-electron chi connectivity index (χ0n) is 13.1. The van der Waals surface area contributed by atoms with E-state index in [2.05, 4.69) is 15.5 Å². The Morgan fingerprint density at radius 1 is 1.17 bits per heavy atom. The maximum Gasteiger partial charge on any atom is 0.308 e. The molecule has 7 heteroatoms. The molecule has 2 N–H and O–H groups in total. The summed E-state index contributed by atoms with van der Waals surface area (Å²) in [5.74, 6) is -1.48. The molecule has 1 amide bonds. The zero-order chi connectivity index (χ0) is 16.8. The maximum absolute atomic E-state index is 12.1. The van der Waals surface area contributed by atoms with Crippen molar-refractivity contribution in [2.45, 2.75) is 20.3 Å². The average molecular weight is 316 g/mol. The van der Waals surface area contributed by atoms with Crippen LogP contribution < -0.4 is 5.32 Å². The van der Waals surface area contributed by atoms with Gasteiger partial charge in [0.2, 0.25) is 0 Å². The van der Waals surface area contributed by atoms with Gasteiger partial charge in [-0.15, -0.1) is 10.2 Å². The van der Waals surface area contributed by atoms with E-state index < -0.39 is 11.9 Å². The molecule has 0 aliphatic rings. The van der Waals surface area contributed by atoms with Gasteiger partial charge in [0.1, 0.15) is 12.7 Å². The van der Waals surface area contributed by atoms with Gasteiger partial charge in [-0.1, -0.05) is 13.8 Å².